The largest absolute Gasteiger partial charge is 0.507 e. The highest BCUT2D eigenvalue weighted by Gasteiger charge is 2.57. The van der Waals surface area contributed by atoms with Gasteiger partial charge in [-0.2, -0.15) is 0 Å². The normalized spacial score (nSPS) is 29.9. The maximum Gasteiger partial charge on any atom is 0.303 e. The summed E-state index contributed by atoms with van der Waals surface area (Å²) in [6.07, 6.45) is -5.49. The lowest BCUT2D eigenvalue weighted by Gasteiger charge is -2.45. The number of rotatable bonds is 2. The lowest BCUT2D eigenvalue weighted by atomic mass is 9.68. The second-order valence-corrected chi connectivity index (χ2v) is 6.66. The number of hydrogen-bond donors (Lipinski definition) is 4. The van der Waals surface area contributed by atoms with Gasteiger partial charge in [0.05, 0.1) is 12.7 Å². The Morgan fingerprint density at radius 2 is 1.78 bits per heavy atom. The van der Waals surface area contributed by atoms with E-state index in [1.165, 1.54) is 13.2 Å². The lowest BCUT2D eigenvalue weighted by molar-refractivity contribution is -0.191. The number of ether oxygens (including phenoxy) is 2. The molecule has 3 rings (SSSR count). The van der Waals surface area contributed by atoms with Crippen molar-refractivity contribution in [2.24, 2.45) is 0 Å². The molecule has 2 aliphatic rings. The molecular formula is C18H18O9. The highest BCUT2D eigenvalue weighted by molar-refractivity contribution is 6.29. The number of methoxy groups -OCH3 is 1. The molecule has 144 valence electrons. The monoisotopic (exact) mass is 378 g/mol. The van der Waals surface area contributed by atoms with E-state index in [1.54, 1.807) is 0 Å². The molecule has 2 unspecified atom stereocenters. The quantitative estimate of drug-likeness (QED) is 0.499. The number of esters is 1. The van der Waals surface area contributed by atoms with Gasteiger partial charge in [-0.05, 0) is 13.0 Å². The summed E-state index contributed by atoms with van der Waals surface area (Å²) in [6, 6.07) is 2.34. The van der Waals surface area contributed by atoms with Crippen molar-refractivity contribution < 1.29 is 44.3 Å². The Kier molecular flexibility index (Phi) is 4.34. The average Bonchev–Trinajstić information content (AvgIpc) is 2.59. The van der Waals surface area contributed by atoms with E-state index >= 15 is 0 Å². The van der Waals surface area contributed by atoms with Gasteiger partial charge in [-0.15, -0.1) is 0 Å². The number of aliphatic hydroxyl groups excluding tert-OH is 2. The number of carbonyl (C=O) groups is 3. The van der Waals surface area contributed by atoms with Crippen molar-refractivity contribution in [2.45, 2.75) is 37.8 Å². The maximum atomic E-state index is 12.9. The number of phenols is 1. The molecule has 9 heteroatoms. The van der Waals surface area contributed by atoms with Gasteiger partial charge < -0.3 is 29.9 Å². The third-order valence-electron chi connectivity index (χ3n) is 4.86. The zero-order valence-corrected chi connectivity index (χ0v) is 14.7. The van der Waals surface area contributed by atoms with Crippen LogP contribution in [-0.4, -0.2) is 69.0 Å². The predicted octanol–water partition coefficient (Wildman–Crippen LogP) is -0.505. The molecule has 0 spiro atoms. The van der Waals surface area contributed by atoms with E-state index in [2.05, 4.69) is 0 Å². The third kappa shape index (κ3) is 2.62. The Hall–Kier alpha value is -2.75. The van der Waals surface area contributed by atoms with Crippen LogP contribution in [0.2, 0.25) is 0 Å². The number of benzene rings is 1. The van der Waals surface area contributed by atoms with Gasteiger partial charge in [0.15, 0.2) is 17.7 Å². The molecule has 0 heterocycles. The van der Waals surface area contributed by atoms with Crippen LogP contribution in [0.4, 0.5) is 0 Å². The molecule has 0 radical (unpaired) electrons. The van der Waals surface area contributed by atoms with Crippen molar-refractivity contribution in [1.29, 1.82) is 0 Å². The highest BCUT2D eigenvalue weighted by atomic mass is 16.6. The number of carbonyl (C=O) groups excluding carboxylic acids is 3. The zero-order valence-electron chi connectivity index (χ0n) is 14.7. The summed E-state index contributed by atoms with van der Waals surface area (Å²) in [5.41, 5.74) is -3.88. The van der Waals surface area contributed by atoms with Crippen LogP contribution >= 0.6 is 0 Å². The van der Waals surface area contributed by atoms with Gasteiger partial charge in [0.1, 0.15) is 29.3 Å². The van der Waals surface area contributed by atoms with Crippen LogP contribution in [0.25, 0.3) is 0 Å². The lowest BCUT2D eigenvalue weighted by Crippen LogP contribution is -2.63. The molecule has 0 amide bonds. The molecule has 1 aromatic carbocycles. The summed E-state index contributed by atoms with van der Waals surface area (Å²) in [6.45, 7) is 2.11. The number of ketones is 2. The molecule has 0 fully saturated rings. The van der Waals surface area contributed by atoms with Gasteiger partial charge in [-0.25, -0.2) is 0 Å². The van der Waals surface area contributed by atoms with Crippen LogP contribution in [0.15, 0.2) is 23.3 Å². The molecule has 2 aliphatic carbocycles. The number of aliphatic hydroxyl groups is 3. The fourth-order valence-electron chi connectivity index (χ4n) is 3.51. The number of fused-ring (bicyclic) bond motifs is 1. The van der Waals surface area contributed by atoms with Crippen LogP contribution in [0, 0.1) is 0 Å². The van der Waals surface area contributed by atoms with E-state index in [1.807, 2.05) is 0 Å². The predicted molar refractivity (Wildman–Crippen MR) is 88.5 cm³/mol. The first-order valence-corrected chi connectivity index (χ1v) is 8.02. The summed E-state index contributed by atoms with van der Waals surface area (Å²) in [7, 11) is 1.30. The fraction of sp³-hybridized carbons (Fsp3) is 0.389. The number of aromatic hydroxyl groups is 1. The van der Waals surface area contributed by atoms with Crippen LogP contribution < -0.4 is 4.74 Å². The smallest absolute Gasteiger partial charge is 0.303 e. The Morgan fingerprint density at radius 1 is 1.15 bits per heavy atom. The first-order chi connectivity index (χ1) is 12.5. The van der Waals surface area contributed by atoms with Crippen molar-refractivity contribution in [3.05, 3.63) is 34.4 Å². The van der Waals surface area contributed by atoms with Crippen molar-refractivity contribution in [2.75, 3.05) is 7.11 Å². The van der Waals surface area contributed by atoms with E-state index < -0.39 is 58.3 Å². The average molecular weight is 378 g/mol. The molecule has 1 aromatic rings. The van der Waals surface area contributed by atoms with Crippen molar-refractivity contribution >= 4 is 17.5 Å². The Bertz CT molecular complexity index is 896. The number of hydrogen-bond acceptors (Lipinski definition) is 9. The number of phenolic OH excluding ortho intramolecular Hbond substituents is 1. The molecule has 0 aliphatic heterocycles. The van der Waals surface area contributed by atoms with Crippen molar-refractivity contribution in [1.82, 2.24) is 0 Å². The summed E-state index contributed by atoms with van der Waals surface area (Å²) < 4.78 is 9.87. The van der Waals surface area contributed by atoms with Gasteiger partial charge in [0.25, 0.3) is 0 Å². The molecule has 9 nitrogen and oxygen atoms in total. The van der Waals surface area contributed by atoms with Gasteiger partial charge in [0.2, 0.25) is 0 Å². The molecule has 0 saturated heterocycles. The second-order valence-electron chi connectivity index (χ2n) is 6.66. The minimum absolute atomic E-state index is 0.104. The van der Waals surface area contributed by atoms with E-state index in [0.717, 1.165) is 19.9 Å². The first kappa shape index (κ1) is 19.0. The first-order valence-electron chi connectivity index (χ1n) is 8.02. The molecule has 0 aromatic heterocycles. The second kappa shape index (κ2) is 6.15. The number of Topliss-reactive ketones (excluding diaryl/α,β-unsaturated/α-hetero) is 2. The van der Waals surface area contributed by atoms with Crippen LogP contribution in [-0.2, 0) is 9.53 Å². The summed E-state index contributed by atoms with van der Waals surface area (Å²) >= 11 is 0. The minimum Gasteiger partial charge on any atom is -0.507 e. The standard InChI is InChI=1S/C18H18O9/c1-6(19)27-17-15(23)11-12(16(24)18(17,2)25)13(21)8-4-7(26-3)5-9(20)10(8)14(11)22/h4-5,15-17,20,23-25H,1-3H3/t15-,16?,17?,18+/m1/s1. The van der Waals surface area contributed by atoms with E-state index in [9.17, 15) is 34.8 Å². The summed E-state index contributed by atoms with van der Waals surface area (Å²) in [5.74, 6) is -3.08. The van der Waals surface area contributed by atoms with Gasteiger partial charge in [0, 0.05) is 29.7 Å². The minimum atomic E-state index is -2.24. The molecule has 0 bridgehead atoms. The highest BCUT2D eigenvalue weighted by Crippen LogP contribution is 2.44. The maximum absolute atomic E-state index is 12.9. The Morgan fingerprint density at radius 3 is 2.33 bits per heavy atom. The third-order valence-corrected chi connectivity index (χ3v) is 4.86. The molecular weight excluding hydrogens is 360 g/mol. The van der Waals surface area contributed by atoms with Crippen LogP contribution in [0.5, 0.6) is 11.5 Å². The van der Waals surface area contributed by atoms with Crippen molar-refractivity contribution in [3.63, 3.8) is 0 Å². The molecule has 27 heavy (non-hydrogen) atoms. The van der Waals surface area contributed by atoms with Gasteiger partial charge >= 0.3 is 5.97 Å². The molecule has 4 N–H and O–H groups in total. The summed E-state index contributed by atoms with van der Waals surface area (Å²) in [4.78, 5) is 37.2. The van der Waals surface area contributed by atoms with E-state index in [0.29, 0.717) is 0 Å². The van der Waals surface area contributed by atoms with Gasteiger partial charge in [-0.3, -0.25) is 14.4 Å². The SMILES string of the molecule is COc1cc(O)c2c(c1)C(=O)C1=C(C2=O)[C@@H](O)C(OC(C)=O)[C@@](C)(O)C1O. The summed E-state index contributed by atoms with van der Waals surface area (Å²) in [5, 5.41) is 41.9. The Labute approximate surface area is 153 Å². The topological polar surface area (TPSA) is 151 Å². The van der Waals surface area contributed by atoms with E-state index in [4.69, 9.17) is 9.47 Å². The zero-order chi connectivity index (χ0) is 20.3. The Balaban J connectivity index is 2.24. The molecule has 4 atom stereocenters. The van der Waals surface area contributed by atoms with Crippen molar-refractivity contribution in [3.8, 4) is 11.5 Å². The van der Waals surface area contributed by atoms with Crippen LogP contribution in [0.3, 0.4) is 0 Å². The van der Waals surface area contributed by atoms with E-state index in [-0.39, 0.29) is 16.9 Å². The van der Waals surface area contributed by atoms with Gasteiger partial charge in [-0.1, -0.05) is 0 Å². The van der Waals surface area contributed by atoms with Crippen LogP contribution in [0.1, 0.15) is 34.6 Å². The fourth-order valence-corrected chi connectivity index (χ4v) is 3.51. The molecule has 0 saturated carbocycles.